The fourth-order valence-corrected chi connectivity index (χ4v) is 4.58. The monoisotopic (exact) mass is 554 g/mol. The first-order valence-electron chi connectivity index (χ1n) is 11.8. The molecule has 0 bridgehead atoms. The van der Waals surface area contributed by atoms with Gasteiger partial charge in [0.05, 0.1) is 37.0 Å². The Bertz CT molecular complexity index is 1540. The topological polar surface area (TPSA) is 123 Å². The summed E-state index contributed by atoms with van der Waals surface area (Å²) in [5.74, 6) is -5.32. The Morgan fingerprint density at radius 1 is 1.33 bits per heavy atom. The summed E-state index contributed by atoms with van der Waals surface area (Å²) in [4.78, 5) is 16.7. The van der Waals surface area contributed by atoms with Crippen molar-refractivity contribution < 1.29 is 36.6 Å². The predicted octanol–water partition coefficient (Wildman–Crippen LogP) is 2.76. The Kier molecular flexibility index (Phi) is 6.74. The van der Waals surface area contributed by atoms with Crippen LogP contribution in [0.3, 0.4) is 0 Å². The molecule has 1 amide bonds. The van der Waals surface area contributed by atoms with Gasteiger partial charge in [0.15, 0.2) is 5.82 Å². The number of aliphatic hydroxyl groups excluding tert-OH is 1. The molecule has 16 heteroatoms. The number of carbonyl (C=O) groups excluding carboxylic acids is 1. The van der Waals surface area contributed by atoms with E-state index in [2.05, 4.69) is 25.7 Å². The summed E-state index contributed by atoms with van der Waals surface area (Å²) < 4.78 is 79.0. The highest BCUT2D eigenvalue weighted by atomic mass is 19.3. The van der Waals surface area contributed by atoms with Gasteiger partial charge in [-0.1, -0.05) is 11.3 Å². The zero-order chi connectivity index (χ0) is 28.1. The average Bonchev–Trinajstić information content (AvgIpc) is 3.47. The van der Waals surface area contributed by atoms with E-state index in [1.165, 1.54) is 32.2 Å². The lowest BCUT2D eigenvalue weighted by Gasteiger charge is -2.38. The van der Waals surface area contributed by atoms with Crippen molar-refractivity contribution in [3.05, 3.63) is 30.2 Å². The van der Waals surface area contributed by atoms with Crippen LogP contribution in [-0.2, 0) is 4.79 Å². The molecular weight excluding hydrogens is 531 g/mol. The van der Waals surface area contributed by atoms with Gasteiger partial charge in [0.25, 0.3) is 12.3 Å². The second-order valence-electron chi connectivity index (χ2n) is 9.12. The minimum absolute atomic E-state index is 0.00101. The summed E-state index contributed by atoms with van der Waals surface area (Å²) in [6.07, 6.45) is -1.85. The quantitative estimate of drug-likeness (QED) is 0.335. The molecule has 0 radical (unpaired) electrons. The van der Waals surface area contributed by atoms with Crippen molar-refractivity contribution in [2.75, 3.05) is 32.1 Å². The highest BCUT2D eigenvalue weighted by Crippen LogP contribution is 2.36. The van der Waals surface area contributed by atoms with E-state index < -0.39 is 49.3 Å². The maximum absolute atomic E-state index is 15.3. The van der Waals surface area contributed by atoms with Crippen LogP contribution in [0.4, 0.5) is 27.9 Å². The number of rotatable bonds is 7. The Hall–Kier alpha value is -4.08. The Morgan fingerprint density at radius 2 is 2.10 bits per heavy atom. The molecule has 0 unspecified atom stereocenters. The number of alkyl halides is 4. The minimum Gasteiger partial charge on any atom is -0.479 e. The molecule has 1 aliphatic heterocycles. The van der Waals surface area contributed by atoms with Crippen LogP contribution in [0.1, 0.15) is 19.4 Å². The number of aromatic nitrogens is 6. The number of methoxy groups -OCH3 is 1. The van der Waals surface area contributed by atoms with Crippen molar-refractivity contribution in [2.45, 2.75) is 37.8 Å². The van der Waals surface area contributed by atoms with Crippen LogP contribution < -0.4 is 10.1 Å². The number of hydrogen-bond acceptors (Lipinski definition) is 8. The van der Waals surface area contributed by atoms with Gasteiger partial charge in [-0.3, -0.25) is 4.79 Å². The molecular formula is C23H23F5N8O3. The third kappa shape index (κ3) is 4.68. The van der Waals surface area contributed by atoms with E-state index >= 15 is 4.39 Å². The Labute approximate surface area is 217 Å². The van der Waals surface area contributed by atoms with Crippen LogP contribution in [0.25, 0.3) is 27.7 Å². The molecule has 11 nitrogen and oxygen atoms in total. The van der Waals surface area contributed by atoms with Gasteiger partial charge < -0.3 is 20.1 Å². The van der Waals surface area contributed by atoms with Gasteiger partial charge in [-0.25, -0.2) is 31.1 Å². The number of nitrogens with one attached hydrogen (secondary N) is 1. The van der Waals surface area contributed by atoms with E-state index in [1.54, 1.807) is 0 Å². The smallest absolute Gasteiger partial charge is 0.285 e. The Balaban J connectivity index is 1.51. The van der Waals surface area contributed by atoms with Crippen LogP contribution in [-0.4, -0.2) is 90.7 Å². The molecule has 1 aromatic carbocycles. The number of ether oxygens (including phenoxy) is 1. The van der Waals surface area contributed by atoms with E-state index in [9.17, 15) is 22.4 Å². The van der Waals surface area contributed by atoms with Gasteiger partial charge in [-0.15, -0.1) is 10.2 Å². The van der Waals surface area contributed by atoms with Crippen molar-refractivity contribution in [1.82, 2.24) is 34.5 Å². The van der Waals surface area contributed by atoms with Gasteiger partial charge in [0.1, 0.15) is 23.7 Å². The standard InChI is InChI=1S/C23H23F5N8O3/c1-11(20(25)26)36-15-7-12(3-4-14(15)31-33-36)18-13(24)8-35-19(18)21(39-2)30-22(32-35)29-16-5-6-34(17(38)9-37)10-23(16,27)28/h3-4,7-8,11,16,20,37H,5-6,9-10H2,1-2H3,(H,29,32)/t11-,16-/m1/s1. The largest absolute Gasteiger partial charge is 0.479 e. The number of amides is 1. The van der Waals surface area contributed by atoms with Gasteiger partial charge in [0.2, 0.25) is 17.7 Å². The summed E-state index contributed by atoms with van der Waals surface area (Å²) in [6, 6.07) is 1.77. The zero-order valence-corrected chi connectivity index (χ0v) is 20.7. The first kappa shape index (κ1) is 26.5. The normalized spacial score (nSPS) is 18.2. The minimum atomic E-state index is -3.37. The van der Waals surface area contributed by atoms with Crippen molar-refractivity contribution in [1.29, 1.82) is 0 Å². The molecule has 4 aromatic rings. The Morgan fingerprint density at radius 3 is 2.77 bits per heavy atom. The number of benzene rings is 1. The van der Waals surface area contributed by atoms with Crippen molar-refractivity contribution in [3.8, 4) is 17.0 Å². The molecule has 0 saturated carbocycles. The molecule has 0 aliphatic carbocycles. The lowest BCUT2D eigenvalue weighted by Crippen LogP contribution is -2.56. The first-order valence-corrected chi connectivity index (χ1v) is 11.8. The number of halogens is 5. The summed E-state index contributed by atoms with van der Waals surface area (Å²) in [7, 11) is 1.26. The number of fused-ring (bicyclic) bond motifs is 2. The summed E-state index contributed by atoms with van der Waals surface area (Å²) in [5, 5.41) is 23.3. The SMILES string of the molecule is COc1nc(N[C@@H]2CCN(C(=O)CO)CC2(F)F)nn2cc(F)c(-c3ccc4nnn([C@H](C)C(F)F)c4c3)c12. The molecule has 3 aromatic heterocycles. The first-order chi connectivity index (χ1) is 18.5. The summed E-state index contributed by atoms with van der Waals surface area (Å²) in [6.45, 7) is -0.511. The van der Waals surface area contributed by atoms with Crippen molar-refractivity contribution in [2.24, 2.45) is 0 Å². The maximum Gasteiger partial charge on any atom is 0.285 e. The van der Waals surface area contributed by atoms with Crippen LogP contribution in [0, 0.1) is 5.82 Å². The van der Waals surface area contributed by atoms with Crippen LogP contribution in [0.5, 0.6) is 5.88 Å². The van der Waals surface area contributed by atoms with Crippen LogP contribution in [0.15, 0.2) is 24.4 Å². The van der Waals surface area contributed by atoms with E-state index in [-0.39, 0.29) is 47.0 Å². The number of hydrogen-bond donors (Lipinski definition) is 2. The van der Waals surface area contributed by atoms with Crippen molar-refractivity contribution in [3.63, 3.8) is 0 Å². The lowest BCUT2D eigenvalue weighted by atomic mass is 10.0. The fraction of sp³-hybridized carbons (Fsp3) is 0.435. The highest BCUT2D eigenvalue weighted by Gasteiger charge is 2.46. The molecule has 5 rings (SSSR count). The summed E-state index contributed by atoms with van der Waals surface area (Å²) >= 11 is 0. The van der Waals surface area contributed by atoms with E-state index in [0.29, 0.717) is 5.52 Å². The number of carbonyl (C=O) groups is 1. The van der Waals surface area contributed by atoms with E-state index in [1.807, 2.05) is 0 Å². The zero-order valence-electron chi connectivity index (χ0n) is 20.7. The maximum atomic E-state index is 15.3. The number of anilines is 1. The molecule has 4 heterocycles. The van der Waals surface area contributed by atoms with Crippen molar-refractivity contribution >= 4 is 28.4 Å². The van der Waals surface area contributed by atoms with Gasteiger partial charge >= 0.3 is 0 Å². The van der Waals surface area contributed by atoms with E-state index in [0.717, 1.165) is 20.3 Å². The third-order valence-electron chi connectivity index (χ3n) is 6.65. The second kappa shape index (κ2) is 9.91. The van der Waals surface area contributed by atoms with E-state index in [4.69, 9.17) is 9.84 Å². The highest BCUT2D eigenvalue weighted by molar-refractivity contribution is 5.90. The van der Waals surface area contributed by atoms with Gasteiger partial charge in [-0.05, 0) is 31.0 Å². The number of likely N-dealkylation sites (tertiary alicyclic amines) is 1. The molecule has 2 N–H and O–H groups in total. The third-order valence-corrected chi connectivity index (χ3v) is 6.65. The molecule has 39 heavy (non-hydrogen) atoms. The predicted molar refractivity (Wildman–Crippen MR) is 127 cm³/mol. The van der Waals surface area contributed by atoms with Crippen LogP contribution in [0.2, 0.25) is 0 Å². The molecule has 208 valence electrons. The molecule has 2 atom stereocenters. The van der Waals surface area contributed by atoms with Gasteiger partial charge in [-0.2, -0.15) is 4.98 Å². The van der Waals surface area contributed by atoms with Gasteiger partial charge in [0, 0.05) is 6.54 Å². The number of aliphatic hydroxyl groups is 1. The molecule has 1 aliphatic rings. The average molecular weight is 554 g/mol. The number of nitrogens with zero attached hydrogens (tertiary/aromatic N) is 7. The molecule has 1 saturated heterocycles. The lowest BCUT2D eigenvalue weighted by molar-refractivity contribution is -0.145. The molecule has 1 fully saturated rings. The molecule has 0 spiro atoms. The van der Waals surface area contributed by atoms with Crippen LogP contribution >= 0.6 is 0 Å². The second-order valence-corrected chi connectivity index (χ2v) is 9.12. The summed E-state index contributed by atoms with van der Waals surface area (Å²) in [5.41, 5.74) is 0.945. The number of piperidine rings is 1. The fourth-order valence-electron chi connectivity index (χ4n) is 4.58.